The van der Waals surface area contributed by atoms with Crippen LogP contribution in [-0.4, -0.2) is 48.7 Å². The van der Waals surface area contributed by atoms with E-state index in [9.17, 15) is 0 Å². The number of likely N-dealkylation sites (tertiary alicyclic amines) is 1. The van der Waals surface area contributed by atoms with E-state index in [0.717, 1.165) is 44.5 Å². The molecule has 1 atom stereocenters. The minimum atomic E-state index is 0. The predicted octanol–water partition coefficient (Wildman–Crippen LogP) is 3.64. The van der Waals surface area contributed by atoms with Crippen molar-refractivity contribution in [2.24, 2.45) is 10.4 Å². The Morgan fingerprint density at radius 2 is 2.24 bits per heavy atom. The number of aromatic nitrogens is 1. The Kier molecular flexibility index (Phi) is 7.12. The third-order valence-corrected chi connectivity index (χ3v) is 6.16. The van der Waals surface area contributed by atoms with E-state index in [1.54, 1.807) is 11.3 Å². The highest BCUT2D eigenvalue weighted by molar-refractivity contribution is 14.0. The van der Waals surface area contributed by atoms with Crippen LogP contribution >= 0.6 is 35.3 Å². The monoisotopic (exact) mass is 478 g/mol. The van der Waals surface area contributed by atoms with Gasteiger partial charge in [0.25, 0.3) is 0 Å². The van der Waals surface area contributed by atoms with E-state index in [1.165, 1.54) is 17.8 Å². The van der Waals surface area contributed by atoms with Gasteiger partial charge in [-0.15, -0.1) is 35.3 Å². The second-order valence-corrected chi connectivity index (χ2v) is 8.90. The molecule has 2 fully saturated rings. The van der Waals surface area contributed by atoms with E-state index < -0.39 is 0 Å². The average Bonchev–Trinajstić information content (AvgIpc) is 3.25. The van der Waals surface area contributed by atoms with E-state index >= 15 is 0 Å². The molecule has 0 radical (unpaired) electrons. The van der Waals surface area contributed by atoms with Gasteiger partial charge < -0.3 is 15.0 Å². The third kappa shape index (κ3) is 5.07. The number of hydrogen-bond donors (Lipinski definition) is 1. The summed E-state index contributed by atoms with van der Waals surface area (Å²) in [7, 11) is 0. The highest BCUT2D eigenvalue weighted by Crippen LogP contribution is 2.38. The van der Waals surface area contributed by atoms with Crippen LogP contribution in [0.1, 0.15) is 51.2 Å². The topological polar surface area (TPSA) is 49.8 Å². The first kappa shape index (κ1) is 20.9. The summed E-state index contributed by atoms with van der Waals surface area (Å²) in [6.45, 7) is 14.2. The lowest BCUT2D eigenvalue weighted by atomic mass is 9.87. The van der Waals surface area contributed by atoms with Gasteiger partial charge in [-0.1, -0.05) is 20.8 Å². The Hall–Kier alpha value is -0.410. The number of thiazole rings is 1. The summed E-state index contributed by atoms with van der Waals surface area (Å²) < 4.78 is 5.64. The molecule has 3 rings (SSSR count). The number of rotatable bonds is 3. The maximum atomic E-state index is 5.64. The molecule has 25 heavy (non-hydrogen) atoms. The van der Waals surface area contributed by atoms with Crippen molar-refractivity contribution in [3.8, 4) is 0 Å². The Bertz CT molecular complexity index is 590. The van der Waals surface area contributed by atoms with Gasteiger partial charge in [-0.05, 0) is 19.8 Å². The van der Waals surface area contributed by atoms with E-state index in [4.69, 9.17) is 14.7 Å². The van der Waals surface area contributed by atoms with Crippen molar-refractivity contribution < 1.29 is 4.74 Å². The van der Waals surface area contributed by atoms with Crippen LogP contribution in [0.15, 0.2) is 10.4 Å². The first-order valence-corrected chi connectivity index (χ1v) is 9.86. The summed E-state index contributed by atoms with van der Waals surface area (Å²) in [5, 5.41) is 6.77. The maximum Gasteiger partial charge on any atom is 0.194 e. The lowest BCUT2D eigenvalue weighted by Crippen LogP contribution is -2.41. The molecule has 0 aliphatic carbocycles. The van der Waals surface area contributed by atoms with Gasteiger partial charge in [0.1, 0.15) is 0 Å². The van der Waals surface area contributed by atoms with Gasteiger partial charge in [-0.25, -0.2) is 9.98 Å². The largest absolute Gasteiger partial charge is 0.381 e. The Morgan fingerprint density at radius 3 is 2.84 bits per heavy atom. The second-order valence-electron chi connectivity index (χ2n) is 8.04. The third-order valence-electron chi connectivity index (χ3n) is 4.84. The second kappa shape index (κ2) is 8.52. The van der Waals surface area contributed by atoms with Crippen LogP contribution in [0, 0.1) is 5.41 Å². The Labute approximate surface area is 172 Å². The molecule has 1 unspecified atom stereocenters. The molecule has 1 aromatic rings. The van der Waals surface area contributed by atoms with Crippen LogP contribution in [0.4, 0.5) is 0 Å². The van der Waals surface area contributed by atoms with Crippen molar-refractivity contribution in [1.82, 2.24) is 15.2 Å². The zero-order chi connectivity index (χ0) is 17.2. The lowest BCUT2D eigenvalue weighted by molar-refractivity contribution is 0.156. The summed E-state index contributed by atoms with van der Waals surface area (Å²) in [6, 6.07) is 0. The van der Waals surface area contributed by atoms with Gasteiger partial charge in [0.05, 0.1) is 23.9 Å². The standard InChI is InChI=1S/C18H30N4OS.HI/c1-5-19-16(22-8-6-18(12-22)7-9-23-13-18)20-10-14-11-24-15(21-14)17(2,3)4;/h11H,5-10,12-13H2,1-4H3,(H,19,20);1H. The number of nitrogens with one attached hydrogen (secondary N) is 1. The molecule has 1 spiro atoms. The fraction of sp³-hybridized carbons (Fsp3) is 0.778. The summed E-state index contributed by atoms with van der Waals surface area (Å²) in [5.74, 6) is 1.02. The number of guanidine groups is 1. The summed E-state index contributed by atoms with van der Waals surface area (Å²) in [5.41, 5.74) is 1.54. The van der Waals surface area contributed by atoms with E-state index in [0.29, 0.717) is 12.0 Å². The fourth-order valence-electron chi connectivity index (χ4n) is 3.39. The van der Waals surface area contributed by atoms with Crippen LogP contribution < -0.4 is 5.32 Å². The molecule has 2 saturated heterocycles. The molecule has 5 nitrogen and oxygen atoms in total. The Balaban J connectivity index is 0.00000225. The van der Waals surface area contributed by atoms with E-state index in [-0.39, 0.29) is 29.4 Å². The average molecular weight is 478 g/mol. The van der Waals surface area contributed by atoms with Crippen molar-refractivity contribution in [2.75, 3.05) is 32.8 Å². The number of nitrogens with zero attached hydrogens (tertiary/aromatic N) is 3. The van der Waals surface area contributed by atoms with Crippen molar-refractivity contribution in [3.05, 3.63) is 16.1 Å². The minimum absolute atomic E-state index is 0. The molecule has 1 N–H and O–H groups in total. The van der Waals surface area contributed by atoms with Crippen molar-refractivity contribution in [3.63, 3.8) is 0 Å². The molecule has 0 saturated carbocycles. The summed E-state index contributed by atoms with van der Waals surface area (Å²) in [4.78, 5) is 12.0. The molecule has 0 aromatic carbocycles. The van der Waals surface area contributed by atoms with Gasteiger partial charge in [0, 0.05) is 42.5 Å². The van der Waals surface area contributed by atoms with Crippen LogP contribution in [0.25, 0.3) is 0 Å². The van der Waals surface area contributed by atoms with Crippen molar-refractivity contribution in [2.45, 2.75) is 52.5 Å². The van der Waals surface area contributed by atoms with Crippen LogP contribution in [0.2, 0.25) is 0 Å². The summed E-state index contributed by atoms with van der Waals surface area (Å²) >= 11 is 1.74. The molecule has 0 bridgehead atoms. The van der Waals surface area contributed by atoms with Gasteiger partial charge in [0.15, 0.2) is 5.96 Å². The molecular weight excluding hydrogens is 447 g/mol. The van der Waals surface area contributed by atoms with Crippen LogP contribution in [-0.2, 0) is 16.7 Å². The SMILES string of the molecule is CCNC(=NCc1csc(C(C)(C)C)n1)N1CCC2(CCOC2)C1.I. The number of aliphatic imine (C=N–C) groups is 1. The normalized spacial score (nSPS) is 24.0. The fourth-order valence-corrected chi connectivity index (χ4v) is 4.29. The number of hydrogen-bond acceptors (Lipinski definition) is 4. The predicted molar refractivity (Wildman–Crippen MR) is 115 cm³/mol. The quantitative estimate of drug-likeness (QED) is 0.410. The molecule has 0 amide bonds. The highest BCUT2D eigenvalue weighted by Gasteiger charge is 2.42. The smallest absolute Gasteiger partial charge is 0.194 e. The lowest BCUT2D eigenvalue weighted by Gasteiger charge is -2.24. The molecule has 3 heterocycles. The number of ether oxygens (including phenoxy) is 1. The van der Waals surface area contributed by atoms with Crippen LogP contribution in [0.3, 0.4) is 0 Å². The first-order valence-electron chi connectivity index (χ1n) is 8.98. The van der Waals surface area contributed by atoms with Gasteiger partial charge in [-0.2, -0.15) is 0 Å². The Morgan fingerprint density at radius 1 is 1.44 bits per heavy atom. The zero-order valence-electron chi connectivity index (χ0n) is 15.8. The van der Waals surface area contributed by atoms with Gasteiger partial charge >= 0.3 is 0 Å². The van der Waals surface area contributed by atoms with Gasteiger partial charge in [0.2, 0.25) is 0 Å². The van der Waals surface area contributed by atoms with E-state index in [1.807, 2.05) is 0 Å². The first-order chi connectivity index (χ1) is 11.4. The maximum absolute atomic E-state index is 5.64. The summed E-state index contributed by atoms with van der Waals surface area (Å²) in [6.07, 6.45) is 2.40. The molecule has 7 heteroatoms. The van der Waals surface area contributed by atoms with Crippen LogP contribution in [0.5, 0.6) is 0 Å². The molecular formula is C18H31IN4OS. The number of halogens is 1. The zero-order valence-corrected chi connectivity index (χ0v) is 18.9. The molecule has 1 aromatic heterocycles. The van der Waals surface area contributed by atoms with E-state index in [2.05, 4.69) is 43.3 Å². The minimum Gasteiger partial charge on any atom is -0.381 e. The molecule has 2 aliphatic rings. The molecule has 142 valence electrons. The highest BCUT2D eigenvalue weighted by atomic mass is 127. The van der Waals surface area contributed by atoms with Crippen molar-refractivity contribution in [1.29, 1.82) is 0 Å². The van der Waals surface area contributed by atoms with Crippen molar-refractivity contribution >= 4 is 41.3 Å². The van der Waals surface area contributed by atoms with Gasteiger partial charge in [-0.3, -0.25) is 0 Å². The molecule has 2 aliphatic heterocycles.